The molecule has 1 aromatic heterocycles. The third kappa shape index (κ3) is 4.10. The molecule has 1 N–H and O–H groups in total. The lowest BCUT2D eigenvalue weighted by Gasteiger charge is -2.03. The van der Waals surface area contributed by atoms with E-state index in [0.29, 0.717) is 11.3 Å². The Balaban J connectivity index is 2.05. The molecule has 0 atom stereocenters. The summed E-state index contributed by atoms with van der Waals surface area (Å²) in [4.78, 5) is 5.17. The van der Waals surface area contributed by atoms with Crippen molar-refractivity contribution in [3.63, 3.8) is 0 Å². The minimum Gasteiger partial charge on any atom is -0.508 e. The quantitative estimate of drug-likeness (QED) is 0.546. The van der Waals surface area contributed by atoms with Crippen molar-refractivity contribution in [1.29, 1.82) is 0 Å². The van der Waals surface area contributed by atoms with Gasteiger partial charge in [-0.1, -0.05) is 6.08 Å². The van der Waals surface area contributed by atoms with Crippen LogP contribution < -0.4 is 4.80 Å². The van der Waals surface area contributed by atoms with Gasteiger partial charge in [0.25, 0.3) is 0 Å². The van der Waals surface area contributed by atoms with E-state index in [4.69, 9.17) is 0 Å². The van der Waals surface area contributed by atoms with Gasteiger partial charge in [0.15, 0.2) is 0 Å². The fourth-order valence-corrected chi connectivity index (χ4v) is 3.01. The molecule has 25 heavy (non-hydrogen) atoms. The molecule has 6 heteroatoms. The van der Waals surface area contributed by atoms with Crippen molar-refractivity contribution < 1.29 is 9.50 Å². The normalized spacial score (nSPS) is 12.0. The van der Waals surface area contributed by atoms with Gasteiger partial charge in [-0.15, -0.1) is 17.9 Å². The highest BCUT2D eigenvalue weighted by Crippen LogP contribution is 2.20. The Kier molecular flexibility index (Phi) is 5.20. The summed E-state index contributed by atoms with van der Waals surface area (Å²) in [5, 5.41) is 15.8. The van der Waals surface area contributed by atoms with Crippen LogP contribution in [0.15, 0.2) is 76.7 Å². The summed E-state index contributed by atoms with van der Waals surface area (Å²) < 4.78 is 14.9. The minimum atomic E-state index is -0.283. The van der Waals surface area contributed by atoms with Gasteiger partial charge in [0.05, 0.1) is 18.5 Å². The van der Waals surface area contributed by atoms with Crippen LogP contribution in [0.25, 0.3) is 11.3 Å². The number of aromatic hydroxyl groups is 1. The molecule has 0 saturated carbocycles. The summed E-state index contributed by atoms with van der Waals surface area (Å²) in [6.07, 6.45) is 3.40. The monoisotopic (exact) mass is 353 g/mol. The summed E-state index contributed by atoms with van der Waals surface area (Å²) >= 11 is 1.45. The molecule has 4 nitrogen and oxygen atoms in total. The average Bonchev–Trinajstić information content (AvgIpc) is 3.03. The van der Waals surface area contributed by atoms with Crippen molar-refractivity contribution in [3.8, 4) is 17.0 Å². The molecule has 0 fully saturated rings. The average molecular weight is 353 g/mol. The predicted octanol–water partition coefficient (Wildman–Crippen LogP) is 4.03. The maximum Gasteiger partial charge on any atom is 0.206 e. The van der Waals surface area contributed by atoms with Gasteiger partial charge in [0, 0.05) is 10.9 Å². The first-order chi connectivity index (χ1) is 12.2. The van der Waals surface area contributed by atoms with E-state index in [1.807, 2.05) is 5.38 Å². The molecule has 0 amide bonds. The van der Waals surface area contributed by atoms with Crippen LogP contribution in [-0.2, 0) is 0 Å². The van der Waals surface area contributed by atoms with Crippen molar-refractivity contribution in [1.82, 2.24) is 4.68 Å². The predicted molar refractivity (Wildman–Crippen MR) is 99.4 cm³/mol. The summed E-state index contributed by atoms with van der Waals surface area (Å²) in [6, 6.07) is 13.0. The van der Waals surface area contributed by atoms with E-state index in [0.717, 1.165) is 16.8 Å². The number of hydrogen-bond acceptors (Lipinski definition) is 4. The molecule has 0 spiro atoms. The molecule has 2 aromatic carbocycles. The number of thiazole rings is 1. The van der Waals surface area contributed by atoms with Crippen molar-refractivity contribution in [2.75, 3.05) is 6.54 Å². The second-order valence-electron chi connectivity index (χ2n) is 5.19. The first-order valence-electron chi connectivity index (χ1n) is 7.58. The van der Waals surface area contributed by atoms with Gasteiger partial charge >= 0.3 is 0 Å². The third-order valence-electron chi connectivity index (χ3n) is 3.40. The zero-order chi connectivity index (χ0) is 17.6. The summed E-state index contributed by atoms with van der Waals surface area (Å²) in [5.41, 5.74) is 2.51. The molecule has 3 rings (SSSR count). The van der Waals surface area contributed by atoms with Gasteiger partial charge in [-0.3, -0.25) is 4.99 Å². The Morgan fingerprint density at radius 3 is 2.52 bits per heavy atom. The molecule has 0 saturated heterocycles. The number of phenolic OH excluding ortho intramolecular Hbond substituents is 1. The number of nitrogens with zero attached hydrogens (tertiary/aromatic N) is 3. The maximum absolute atomic E-state index is 13.2. The molecule has 0 aliphatic carbocycles. The van der Waals surface area contributed by atoms with Crippen LogP contribution in [0.3, 0.4) is 0 Å². The molecule has 0 bridgehead atoms. The van der Waals surface area contributed by atoms with Gasteiger partial charge in [-0.05, 0) is 54.1 Å². The smallest absolute Gasteiger partial charge is 0.206 e. The van der Waals surface area contributed by atoms with E-state index in [1.165, 1.54) is 23.5 Å². The molecule has 0 aliphatic rings. The Morgan fingerprint density at radius 1 is 1.12 bits per heavy atom. The van der Waals surface area contributed by atoms with Crippen LogP contribution in [0.5, 0.6) is 5.75 Å². The fourth-order valence-electron chi connectivity index (χ4n) is 2.17. The van der Waals surface area contributed by atoms with E-state index in [1.54, 1.807) is 53.4 Å². The zero-order valence-corrected chi connectivity index (χ0v) is 14.2. The number of halogens is 1. The van der Waals surface area contributed by atoms with Crippen LogP contribution in [0, 0.1) is 5.82 Å². The van der Waals surface area contributed by atoms with Gasteiger partial charge in [-0.25, -0.2) is 9.07 Å². The van der Waals surface area contributed by atoms with Crippen molar-refractivity contribution in [2.45, 2.75) is 0 Å². The summed E-state index contributed by atoms with van der Waals surface area (Å²) in [6.45, 7) is 4.16. The van der Waals surface area contributed by atoms with Gasteiger partial charge < -0.3 is 5.11 Å². The Bertz CT molecular complexity index is 954. The largest absolute Gasteiger partial charge is 0.508 e. The lowest BCUT2D eigenvalue weighted by Crippen LogP contribution is -2.12. The zero-order valence-electron chi connectivity index (χ0n) is 13.3. The van der Waals surface area contributed by atoms with Crippen molar-refractivity contribution in [2.24, 2.45) is 10.1 Å². The fraction of sp³-hybridized carbons (Fsp3) is 0.0526. The molecule has 0 unspecified atom stereocenters. The minimum absolute atomic E-state index is 0.203. The second kappa shape index (κ2) is 7.72. The number of aromatic nitrogens is 1. The Labute approximate surface area is 148 Å². The lowest BCUT2D eigenvalue weighted by atomic mass is 10.2. The van der Waals surface area contributed by atoms with Crippen LogP contribution in [0.1, 0.15) is 5.56 Å². The van der Waals surface area contributed by atoms with E-state index >= 15 is 0 Å². The van der Waals surface area contributed by atoms with E-state index in [9.17, 15) is 9.50 Å². The van der Waals surface area contributed by atoms with E-state index < -0.39 is 0 Å². The van der Waals surface area contributed by atoms with E-state index in [-0.39, 0.29) is 11.6 Å². The Hall–Kier alpha value is -2.99. The summed E-state index contributed by atoms with van der Waals surface area (Å²) in [7, 11) is 0. The lowest BCUT2D eigenvalue weighted by molar-refractivity contribution is 0.475. The highest BCUT2D eigenvalue weighted by atomic mass is 32.1. The van der Waals surface area contributed by atoms with Crippen molar-refractivity contribution in [3.05, 3.63) is 82.7 Å². The van der Waals surface area contributed by atoms with Crippen LogP contribution in [0.4, 0.5) is 4.39 Å². The van der Waals surface area contributed by atoms with Gasteiger partial charge in [0.1, 0.15) is 11.6 Å². The first-order valence-corrected chi connectivity index (χ1v) is 8.46. The van der Waals surface area contributed by atoms with Crippen LogP contribution in [0.2, 0.25) is 0 Å². The van der Waals surface area contributed by atoms with Crippen LogP contribution in [-0.4, -0.2) is 22.5 Å². The first kappa shape index (κ1) is 16.9. The SMILES string of the molecule is C=CCN=c1scc(-c2ccc(F)cc2)n1N=Cc1ccc(O)cc1. The molecule has 126 valence electrons. The molecular formula is C19H16FN3OS. The third-order valence-corrected chi connectivity index (χ3v) is 4.25. The van der Waals surface area contributed by atoms with Gasteiger partial charge in [0.2, 0.25) is 4.80 Å². The molecular weight excluding hydrogens is 337 g/mol. The molecule has 3 aromatic rings. The Morgan fingerprint density at radius 2 is 1.84 bits per heavy atom. The number of hydrogen-bond donors (Lipinski definition) is 1. The van der Waals surface area contributed by atoms with Crippen LogP contribution >= 0.6 is 11.3 Å². The second-order valence-corrected chi connectivity index (χ2v) is 6.02. The molecule has 1 heterocycles. The summed E-state index contributed by atoms with van der Waals surface area (Å²) in [5.74, 6) is -0.0799. The topological polar surface area (TPSA) is 49.9 Å². The standard InChI is InChI=1S/C19H16FN3OS/c1-2-11-21-19-23(22-12-14-3-9-17(24)10-4-14)18(13-25-19)15-5-7-16(20)8-6-15/h2-10,12-13,24H,1,11H2. The molecule has 0 aliphatic heterocycles. The molecule has 0 radical (unpaired) electrons. The van der Waals surface area contributed by atoms with Gasteiger partial charge in [-0.2, -0.15) is 5.10 Å². The van der Waals surface area contributed by atoms with Crippen molar-refractivity contribution >= 4 is 17.6 Å². The maximum atomic E-state index is 13.2. The number of benzene rings is 2. The highest BCUT2D eigenvalue weighted by molar-refractivity contribution is 7.07. The van der Waals surface area contributed by atoms with E-state index in [2.05, 4.69) is 16.7 Å². The number of rotatable bonds is 5. The number of phenols is 1. The highest BCUT2D eigenvalue weighted by Gasteiger charge is 2.07.